The van der Waals surface area contributed by atoms with Gasteiger partial charge in [0.25, 0.3) is 0 Å². The molecule has 6 heteroatoms. The number of methoxy groups -OCH3 is 1. The first kappa shape index (κ1) is 17.9. The molecule has 2 heterocycles. The number of piperidine rings is 1. The lowest BCUT2D eigenvalue weighted by molar-refractivity contribution is -0.153. The molecular formula is C19H26N2O4. The van der Waals surface area contributed by atoms with Crippen LogP contribution in [0.1, 0.15) is 24.8 Å². The summed E-state index contributed by atoms with van der Waals surface area (Å²) in [6.45, 7) is 2.71. The molecule has 0 saturated carbocycles. The number of carbonyl (C=O) groups excluding carboxylic acids is 2. The van der Waals surface area contributed by atoms with Gasteiger partial charge < -0.3 is 14.7 Å². The van der Waals surface area contributed by atoms with Crippen molar-refractivity contribution in [3.8, 4) is 0 Å². The van der Waals surface area contributed by atoms with Gasteiger partial charge in [-0.05, 0) is 24.9 Å². The number of ether oxygens (including phenoxy) is 1. The summed E-state index contributed by atoms with van der Waals surface area (Å²) in [6, 6.07) is 9.57. The standard InChI is InChI=1S/C19H26N2O4/c1-25-19(24)17-10-16(22)13-21(17)18(23)15-8-5-9-20(12-15)11-14-6-3-2-4-7-14/h2-4,6-7,15-17,22H,5,8-13H2,1H3/t15-,16+,17-/m0/s1. The van der Waals surface area contributed by atoms with Crippen LogP contribution in [0.5, 0.6) is 0 Å². The van der Waals surface area contributed by atoms with Gasteiger partial charge in [-0.15, -0.1) is 0 Å². The number of benzene rings is 1. The van der Waals surface area contributed by atoms with Crippen LogP contribution in [0.4, 0.5) is 0 Å². The molecule has 1 amide bonds. The second-order valence-corrected chi connectivity index (χ2v) is 6.98. The Hall–Kier alpha value is -1.92. The highest BCUT2D eigenvalue weighted by molar-refractivity contribution is 5.86. The lowest BCUT2D eigenvalue weighted by Gasteiger charge is -2.35. The van der Waals surface area contributed by atoms with Gasteiger partial charge in [-0.3, -0.25) is 9.69 Å². The second-order valence-electron chi connectivity index (χ2n) is 6.98. The topological polar surface area (TPSA) is 70.1 Å². The molecule has 0 aromatic heterocycles. The summed E-state index contributed by atoms with van der Waals surface area (Å²) in [6.07, 6.45) is 1.39. The zero-order valence-electron chi connectivity index (χ0n) is 14.6. The minimum atomic E-state index is -0.656. The van der Waals surface area contributed by atoms with Crippen molar-refractivity contribution in [1.82, 2.24) is 9.80 Å². The van der Waals surface area contributed by atoms with Gasteiger partial charge in [0.15, 0.2) is 0 Å². The van der Waals surface area contributed by atoms with Gasteiger partial charge in [0.05, 0.1) is 19.1 Å². The number of β-amino-alcohol motifs (C(OH)–C–C–N with tert-alkyl or cyclic N) is 1. The second kappa shape index (κ2) is 7.97. The number of hydrogen-bond acceptors (Lipinski definition) is 5. The van der Waals surface area contributed by atoms with Crippen LogP contribution in [0.3, 0.4) is 0 Å². The Balaban J connectivity index is 1.64. The Morgan fingerprint density at radius 3 is 2.72 bits per heavy atom. The van der Waals surface area contributed by atoms with E-state index in [0.29, 0.717) is 6.54 Å². The minimum absolute atomic E-state index is 0.0373. The molecule has 2 saturated heterocycles. The number of rotatable bonds is 4. The fourth-order valence-electron chi connectivity index (χ4n) is 3.89. The van der Waals surface area contributed by atoms with E-state index in [2.05, 4.69) is 17.0 Å². The van der Waals surface area contributed by atoms with E-state index in [4.69, 9.17) is 4.74 Å². The summed E-state index contributed by atoms with van der Waals surface area (Å²) < 4.78 is 4.80. The van der Waals surface area contributed by atoms with Gasteiger partial charge in [0.2, 0.25) is 5.91 Å². The van der Waals surface area contributed by atoms with E-state index in [1.54, 1.807) is 0 Å². The average molecular weight is 346 g/mol. The van der Waals surface area contributed by atoms with Crippen LogP contribution < -0.4 is 0 Å². The lowest BCUT2D eigenvalue weighted by Crippen LogP contribution is -2.48. The summed E-state index contributed by atoms with van der Waals surface area (Å²) in [5.41, 5.74) is 1.24. The first-order valence-corrected chi connectivity index (χ1v) is 8.91. The summed E-state index contributed by atoms with van der Waals surface area (Å²) >= 11 is 0. The largest absolute Gasteiger partial charge is 0.467 e. The van der Waals surface area contributed by atoms with E-state index in [9.17, 15) is 14.7 Å². The molecule has 2 fully saturated rings. The maximum absolute atomic E-state index is 13.0. The predicted octanol–water partition coefficient (Wildman–Crippen LogP) is 1.03. The van der Waals surface area contributed by atoms with Crippen LogP contribution >= 0.6 is 0 Å². The number of likely N-dealkylation sites (tertiary alicyclic amines) is 2. The highest BCUT2D eigenvalue weighted by Gasteiger charge is 2.42. The van der Waals surface area contributed by atoms with E-state index in [-0.39, 0.29) is 24.8 Å². The Labute approximate surface area is 148 Å². The van der Waals surface area contributed by atoms with Crippen molar-refractivity contribution in [2.45, 2.75) is 38.0 Å². The zero-order valence-corrected chi connectivity index (χ0v) is 14.6. The molecule has 2 aliphatic rings. The molecule has 6 nitrogen and oxygen atoms in total. The zero-order chi connectivity index (χ0) is 17.8. The molecule has 2 aliphatic heterocycles. The normalized spacial score (nSPS) is 27.3. The number of esters is 1. The maximum atomic E-state index is 13.0. The SMILES string of the molecule is COC(=O)[C@@H]1C[C@@H](O)CN1C(=O)[C@H]1CCCN(Cc2ccccc2)C1. The molecule has 25 heavy (non-hydrogen) atoms. The highest BCUT2D eigenvalue weighted by Crippen LogP contribution is 2.26. The first-order valence-electron chi connectivity index (χ1n) is 8.91. The van der Waals surface area contributed by atoms with Crippen molar-refractivity contribution in [1.29, 1.82) is 0 Å². The van der Waals surface area contributed by atoms with Crippen LogP contribution in [-0.4, -0.2) is 65.7 Å². The van der Waals surface area contributed by atoms with Gasteiger partial charge >= 0.3 is 5.97 Å². The van der Waals surface area contributed by atoms with Crippen LogP contribution in [0.2, 0.25) is 0 Å². The lowest BCUT2D eigenvalue weighted by atomic mass is 9.95. The molecule has 136 valence electrons. The van der Waals surface area contributed by atoms with Crippen molar-refractivity contribution in [3.63, 3.8) is 0 Å². The highest BCUT2D eigenvalue weighted by atomic mass is 16.5. The molecule has 3 atom stereocenters. The van der Waals surface area contributed by atoms with Gasteiger partial charge in [0.1, 0.15) is 6.04 Å². The third-order valence-electron chi connectivity index (χ3n) is 5.14. The number of hydrogen-bond donors (Lipinski definition) is 1. The van der Waals surface area contributed by atoms with Crippen molar-refractivity contribution >= 4 is 11.9 Å². The van der Waals surface area contributed by atoms with Crippen molar-refractivity contribution < 1.29 is 19.4 Å². The van der Waals surface area contributed by atoms with Crippen LogP contribution in [0.25, 0.3) is 0 Å². The fourth-order valence-corrected chi connectivity index (χ4v) is 3.89. The number of amides is 1. The minimum Gasteiger partial charge on any atom is -0.467 e. The molecule has 1 aromatic rings. The monoisotopic (exact) mass is 346 g/mol. The molecule has 1 N–H and O–H groups in total. The van der Waals surface area contributed by atoms with E-state index >= 15 is 0 Å². The van der Waals surface area contributed by atoms with E-state index in [1.165, 1.54) is 17.6 Å². The van der Waals surface area contributed by atoms with Gasteiger partial charge in [-0.25, -0.2) is 4.79 Å². The molecular weight excluding hydrogens is 320 g/mol. The molecule has 0 aliphatic carbocycles. The van der Waals surface area contributed by atoms with Crippen molar-refractivity contribution in [2.24, 2.45) is 5.92 Å². The summed E-state index contributed by atoms with van der Waals surface area (Å²) in [4.78, 5) is 28.7. The van der Waals surface area contributed by atoms with Crippen LogP contribution in [-0.2, 0) is 20.9 Å². The number of carbonyl (C=O) groups is 2. The summed E-state index contributed by atoms with van der Waals surface area (Å²) in [7, 11) is 1.32. The van der Waals surface area contributed by atoms with E-state index in [1.807, 2.05) is 18.2 Å². The van der Waals surface area contributed by atoms with Gasteiger partial charge in [0, 0.05) is 26.1 Å². The number of nitrogens with zero attached hydrogens (tertiary/aromatic N) is 2. The molecule has 3 rings (SSSR count). The average Bonchev–Trinajstić information content (AvgIpc) is 3.03. The van der Waals surface area contributed by atoms with Crippen LogP contribution in [0.15, 0.2) is 30.3 Å². The summed E-state index contributed by atoms with van der Waals surface area (Å²) in [5, 5.41) is 9.90. The Morgan fingerprint density at radius 2 is 2.00 bits per heavy atom. The molecule has 0 radical (unpaired) electrons. The van der Waals surface area contributed by atoms with Crippen molar-refractivity contribution in [3.05, 3.63) is 35.9 Å². The third-order valence-corrected chi connectivity index (χ3v) is 5.14. The van der Waals surface area contributed by atoms with Crippen LogP contribution in [0, 0.1) is 5.92 Å². The maximum Gasteiger partial charge on any atom is 0.328 e. The Kier molecular flexibility index (Phi) is 5.71. The summed E-state index contributed by atoms with van der Waals surface area (Å²) in [5.74, 6) is -0.610. The Morgan fingerprint density at radius 1 is 1.24 bits per heavy atom. The third kappa shape index (κ3) is 4.19. The molecule has 0 spiro atoms. The smallest absolute Gasteiger partial charge is 0.328 e. The molecule has 0 bridgehead atoms. The number of aliphatic hydroxyl groups is 1. The predicted molar refractivity (Wildman–Crippen MR) is 92.6 cm³/mol. The quantitative estimate of drug-likeness (QED) is 0.825. The molecule has 0 unspecified atom stereocenters. The van der Waals surface area contributed by atoms with E-state index in [0.717, 1.165) is 25.9 Å². The van der Waals surface area contributed by atoms with Gasteiger partial charge in [-0.2, -0.15) is 0 Å². The number of aliphatic hydroxyl groups excluding tert-OH is 1. The van der Waals surface area contributed by atoms with Gasteiger partial charge in [-0.1, -0.05) is 30.3 Å². The molecule has 1 aromatic carbocycles. The van der Waals surface area contributed by atoms with E-state index < -0.39 is 18.1 Å². The fraction of sp³-hybridized carbons (Fsp3) is 0.579. The Bertz CT molecular complexity index is 607. The first-order chi connectivity index (χ1) is 12.1. The van der Waals surface area contributed by atoms with Crippen molar-refractivity contribution in [2.75, 3.05) is 26.7 Å².